The fourth-order valence-electron chi connectivity index (χ4n) is 3.86. The zero-order valence-electron chi connectivity index (χ0n) is 17.2. The molecule has 0 amide bonds. The highest BCUT2D eigenvalue weighted by Gasteiger charge is 2.33. The second-order valence-electron chi connectivity index (χ2n) is 7.83. The molecule has 5 rings (SSSR count). The minimum atomic E-state index is -3.68. The fourth-order valence-corrected chi connectivity index (χ4v) is 5.95. The maximum Gasteiger partial charge on any atom is 0.240 e. The smallest absolute Gasteiger partial charge is 0.240 e. The number of nitrogens with one attached hydrogen (secondary N) is 3. The van der Waals surface area contributed by atoms with Crippen LogP contribution < -0.4 is 10.0 Å². The van der Waals surface area contributed by atoms with E-state index < -0.39 is 10.0 Å². The Morgan fingerprint density at radius 1 is 1.19 bits per heavy atom. The Bertz CT molecular complexity index is 1440. The van der Waals surface area contributed by atoms with Crippen LogP contribution in [0.5, 0.6) is 0 Å². The highest BCUT2D eigenvalue weighted by molar-refractivity contribution is 7.89. The van der Waals surface area contributed by atoms with Gasteiger partial charge in [-0.2, -0.15) is 5.26 Å². The Balaban J connectivity index is 1.32. The van der Waals surface area contributed by atoms with Gasteiger partial charge in [-0.3, -0.25) is 0 Å². The number of hydrogen-bond acceptors (Lipinski definition) is 7. The Morgan fingerprint density at radius 3 is 2.78 bits per heavy atom. The van der Waals surface area contributed by atoms with E-state index in [2.05, 4.69) is 25.0 Å². The number of sulfonamides is 1. The van der Waals surface area contributed by atoms with Crippen LogP contribution in [0.3, 0.4) is 0 Å². The summed E-state index contributed by atoms with van der Waals surface area (Å²) in [6.45, 7) is 2.02. The van der Waals surface area contributed by atoms with E-state index in [0.717, 1.165) is 32.2 Å². The van der Waals surface area contributed by atoms with Crippen molar-refractivity contribution in [2.75, 3.05) is 5.32 Å². The molecule has 10 heteroatoms. The first kappa shape index (κ1) is 20.6. The predicted molar refractivity (Wildman–Crippen MR) is 124 cm³/mol. The largest absolute Gasteiger partial charge is 0.381 e. The van der Waals surface area contributed by atoms with Gasteiger partial charge in [-0.25, -0.2) is 23.1 Å². The van der Waals surface area contributed by atoms with Crippen molar-refractivity contribution >= 4 is 38.1 Å². The van der Waals surface area contributed by atoms with Crippen molar-refractivity contribution in [3.63, 3.8) is 0 Å². The molecule has 0 saturated heterocycles. The lowest BCUT2D eigenvalue weighted by molar-refractivity contribution is 0.346. The number of aryl methyl sites for hydroxylation is 1. The van der Waals surface area contributed by atoms with Gasteiger partial charge in [-0.1, -0.05) is 6.07 Å². The summed E-state index contributed by atoms with van der Waals surface area (Å²) < 4.78 is 28.1. The SMILES string of the molecule is Cc1cnc(-c2cnc3[nH]ccc3c2NC2CC(NS(=O)(=O)c3cccc(C#N)c3)C2)s1. The van der Waals surface area contributed by atoms with Crippen molar-refractivity contribution in [3.05, 3.63) is 59.4 Å². The number of aromatic amines is 1. The van der Waals surface area contributed by atoms with Crippen LogP contribution in [0.4, 0.5) is 5.69 Å². The van der Waals surface area contributed by atoms with Crippen LogP contribution in [0.1, 0.15) is 23.3 Å². The van der Waals surface area contributed by atoms with E-state index in [1.807, 2.05) is 37.6 Å². The second kappa shape index (κ2) is 8.02. The highest BCUT2D eigenvalue weighted by atomic mass is 32.2. The molecule has 0 radical (unpaired) electrons. The van der Waals surface area contributed by atoms with Crippen molar-refractivity contribution in [2.45, 2.75) is 36.7 Å². The zero-order chi connectivity index (χ0) is 22.3. The zero-order valence-corrected chi connectivity index (χ0v) is 18.8. The number of fused-ring (bicyclic) bond motifs is 1. The average molecular weight is 465 g/mol. The third-order valence-electron chi connectivity index (χ3n) is 5.52. The average Bonchev–Trinajstić information content (AvgIpc) is 3.41. The Hall–Kier alpha value is -3.26. The molecule has 0 spiro atoms. The van der Waals surface area contributed by atoms with Gasteiger partial charge < -0.3 is 10.3 Å². The van der Waals surface area contributed by atoms with Crippen molar-refractivity contribution in [2.24, 2.45) is 0 Å². The molecule has 3 N–H and O–H groups in total. The maximum atomic E-state index is 12.7. The van der Waals surface area contributed by atoms with Gasteiger partial charge in [0.05, 0.1) is 27.8 Å². The van der Waals surface area contributed by atoms with E-state index in [1.165, 1.54) is 12.1 Å². The minimum absolute atomic E-state index is 0.109. The molecular weight excluding hydrogens is 444 g/mol. The summed E-state index contributed by atoms with van der Waals surface area (Å²) >= 11 is 1.61. The molecule has 1 fully saturated rings. The predicted octanol–water partition coefficient (Wildman–Crippen LogP) is 3.79. The van der Waals surface area contributed by atoms with Gasteiger partial charge in [-0.05, 0) is 44.0 Å². The molecule has 32 heavy (non-hydrogen) atoms. The number of benzene rings is 1. The van der Waals surface area contributed by atoms with Crippen LogP contribution in [0.15, 0.2) is 53.8 Å². The van der Waals surface area contributed by atoms with Crippen LogP contribution in [0.25, 0.3) is 21.6 Å². The number of nitriles is 1. The minimum Gasteiger partial charge on any atom is -0.381 e. The van der Waals surface area contributed by atoms with Crippen LogP contribution in [0.2, 0.25) is 0 Å². The summed E-state index contributed by atoms with van der Waals surface area (Å²) in [6.07, 6.45) is 6.83. The van der Waals surface area contributed by atoms with Crippen LogP contribution in [-0.4, -0.2) is 35.5 Å². The first-order valence-corrected chi connectivity index (χ1v) is 12.4. The number of thiazole rings is 1. The molecule has 0 atom stereocenters. The van der Waals surface area contributed by atoms with E-state index >= 15 is 0 Å². The molecule has 162 valence electrons. The van der Waals surface area contributed by atoms with Gasteiger partial charge >= 0.3 is 0 Å². The number of pyridine rings is 1. The number of H-pyrrole nitrogens is 1. The summed E-state index contributed by atoms with van der Waals surface area (Å²) in [5.41, 5.74) is 3.00. The Morgan fingerprint density at radius 2 is 2.03 bits per heavy atom. The molecule has 1 aliphatic rings. The monoisotopic (exact) mass is 464 g/mol. The lowest BCUT2D eigenvalue weighted by Gasteiger charge is -2.37. The van der Waals surface area contributed by atoms with Gasteiger partial charge in [-0.15, -0.1) is 11.3 Å². The fraction of sp³-hybridized carbons (Fsp3) is 0.227. The summed E-state index contributed by atoms with van der Waals surface area (Å²) in [5, 5.41) is 14.5. The van der Waals surface area contributed by atoms with Crippen LogP contribution >= 0.6 is 11.3 Å². The summed E-state index contributed by atoms with van der Waals surface area (Å²) in [4.78, 5) is 13.4. The highest BCUT2D eigenvalue weighted by Crippen LogP contribution is 2.38. The molecule has 4 aromatic rings. The molecular formula is C22H20N6O2S2. The van der Waals surface area contributed by atoms with Gasteiger partial charge in [0.25, 0.3) is 0 Å². The van der Waals surface area contributed by atoms with Crippen molar-refractivity contribution in [1.29, 1.82) is 5.26 Å². The first-order valence-electron chi connectivity index (χ1n) is 10.1. The topological polar surface area (TPSA) is 124 Å². The number of hydrogen-bond donors (Lipinski definition) is 3. The van der Waals surface area contributed by atoms with Gasteiger partial charge in [0.1, 0.15) is 10.7 Å². The number of rotatable bonds is 6. The van der Waals surface area contributed by atoms with E-state index in [4.69, 9.17) is 5.26 Å². The van der Waals surface area contributed by atoms with Crippen molar-refractivity contribution in [1.82, 2.24) is 19.7 Å². The molecule has 3 heterocycles. The van der Waals surface area contributed by atoms with Crippen molar-refractivity contribution < 1.29 is 8.42 Å². The third-order valence-corrected chi connectivity index (χ3v) is 7.98. The van der Waals surface area contributed by atoms with Gasteiger partial charge in [0, 0.05) is 40.9 Å². The standard InChI is InChI=1S/C22H20N6O2S2/c1-13-11-26-22(31-13)19-12-25-21-18(5-6-24-21)20(19)27-15-8-16(9-15)28-32(29,30)17-4-2-3-14(7-17)10-23/h2-7,11-12,15-16,28H,8-9H2,1H3,(H2,24,25,27). The summed E-state index contributed by atoms with van der Waals surface area (Å²) in [7, 11) is -3.68. The molecule has 8 nitrogen and oxygen atoms in total. The molecule has 0 aliphatic heterocycles. The second-order valence-corrected chi connectivity index (χ2v) is 10.8. The number of aromatic nitrogens is 3. The summed E-state index contributed by atoms with van der Waals surface area (Å²) in [5.74, 6) is 0. The summed E-state index contributed by atoms with van der Waals surface area (Å²) in [6, 6.07) is 9.95. The van der Waals surface area contributed by atoms with E-state index in [-0.39, 0.29) is 17.0 Å². The number of nitrogens with zero attached hydrogens (tertiary/aromatic N) is 3. The lowest BCUT2D eigenvalue weighted by Crippen LogP contribution is -2.49. The van der Waals surface area contributed by atoms with Gasteiger partial charge in [0.2, 0.25) is 10.0 Å². The maximum absolute atomic E-state index is 12.7. The third kappa shape index (κ3) is 3.86. The van der Waals surface area contributed by atoms with E-state index in [9.17, 15) is 8.42 Å². The normalized spacial score (nSPS) is 18.2. The van der Waals surface area contributed by atoms with Crippen LogP contribution in [-0.2, 0) is 10.0 Å². The molecule has 3 aromatic heterocycles. The molecule has 0 unspecified atom stereocenters. The molecule has 0 bridgehead atoms. The van der Waals surface area contributed by atoms with E-state index in [0.29, 0.717) is 18.4 Å². The van der Waals surface area contributed by atoms with Gasteiger partial charge in [0.15, 0.2) is 0 Å². The number of anilines is 1. The lowest BCUT2D eigenvalue weighted by atomic mass is 9.87. The molecule has 1 aromatic carbocycles. The van der Waals surface area contributed by atoms with E-state index in [1.54, 1.807) is 23.5 Å². The quantitative estimate of drug-likeness (QED) is 0.399. The Kier molecular flexibility index (Phi) is 5.17. The van der Waals surface area contributed by atoms with Crippen LogP contribution in [0, 0.1) is 18.3 Å². The first-order chi connectivity index (χ1) is 15.4. The van der Waals surface area contributed by atoms with Crippen molar-refractivity contribution in [3.8, 4) is 16.6 Å². The Labute approximate surface area is 189 Å². The molecule has 1 saturated carbocycles. The molecule has 1 aliphatic carbocycles.